The molecule has 0 aliphatic heterocycles. The summed E-state index contributed by atoms with van der Waals surface area (Å²) < 4.78 is 0. The molecule has 0 unspecified atom stereocenters. The summed E-state index contributed by atoms with van der Waals surface area (Å²) in [5, 5.41) is 1.10. The maximum absolute atomic E-state index is 5.68. The summed E-state index contributed by atoms with van der Waals surface area (Å²) in [5.41, 5.74) is 7.61. The number of aromatic nitrogens is 1. The third kappa shape index (κ3) is 1.06. The number of rotatable bonds is 0. The fraction of sp³-hybridized carbons (Fsp3) is 0. The zero-order chi connectivity index (χ0) is 6.97. The smallest absolute Gasteiger partial charge is 0.0474 e. The van der Waals surface area contributed by atoms with Crippen LogP contribution in [0, 0.1) is 0 Å². The third-order valence-corrected chi connectivity index (χ3v) is 1.63. The van der Waals surface area contributed by atoms with Gasteiger partial charge in [0.25, 0.3) is 0 Å². The topological polar surface area (TPSA) is 76.8 Å². The van der Waals surface area contributed by atoms with Gasteiger partial charge < -0.3 is 16.9 Å². The Bertz CT molecular complexity index is 351. The summed E-state index contributed by atoms with van der Waals surface area (Å²) >= 11 is 0. The van der Waals surface area contributed by atoms with Crippen molar-refractivity contribution in [2.75, 3.05) is 5.73 Å². The highest BCUT2D eigenvalue weighted by Gasteiger charge is 1.94. The van der Waals surface area contributed by atoms with E-state index in [0.717, 1.165) is 16.6 Å². The van der Waals surface area contributed by atoms with Crippen molar-refractivity contribution in [3.8, 4) is 0 Å². The maximum atomic E-state index is 5.68. The van der Waals surface area contributed by atoms with Crippen molar-refractivity contribution in [2.45, 2.75) is 0 Å². The lowest BCUT2D eigenvalue weighted by molar-refractivity contribution is 1.48. The molecule has 1 aromatic carbocycles. The van der Waals surface area contributed by atoms with Gasteiger partial charge in [0.1, 0.15) is 0 Å². The number of H-pyrrole nitrogens is 1. The summed E-state index contributed by atoms with van der Waals surface area (Å²) in [6.07, 6.45) is 1.89. The molecule has 2 aromatic rings. The van der Waals surface area contributed by atoms with Gasteiger partial charge in [-0.25, -0.2) is 0 Å². The van der Waals surface area contributed by atoms with E-state index in [2.05, 4.69) is 4.98 Å². The Kier molecular flexibility index (Phi) is 1.83. The molecule has 0 saturated carbocycles. The van der Waals surface area contributed by atoms with E-state index >= 15 is 0 Å². The molecule has 3 heteroatoms. The zero-order valence-electron chi connectivity index (χ0n) is 6.17. The highest BCUT2D eigenvalue weighted by molar-refractivity contribution is 5.90. The van der Waals surface area contributed by atoms with Crippen LogP contribution in [0.5, 0.6) is 0 Å². The quantitative estimate of drug-likeness (QED) is 0.500. The van der Waals surface area contributed by atoms with E-state index in [0.29, 0.717) is 0 Å². The molecule has 3 nitrogen and oxygen atoms in total. The van der Waals surface area contributed by atoms with E-state index in [1.807, 2.05) is 30.5 Å². The van der Waals surface area contributed by atoms with Gasteiger partial charge in [0.15, 0.2) is 0 Å². The average Bonchev–Trinajstić information content (AvgIpc) is 2.36. The number of nitrogens with two attached hydrogens (primary N) is 1. The first kappa shape index (κ1) is 7.63. The van der Waals surface area contributed by atoms with Crippen LogP contribution < -0.4 is 11.9 Å². The summed E-state index contributed by atoms with van der Waals surface area (Å²) in [6.45, 7) is 0. The highest BCUT2D eigenvalue weighted by Crippen LogP contribution is 2.18. The van der Waals surface area contributed by atoms with Crippen molar-refractivity contribution in [2.24, 2.45) is 0 Å². The zero-order valence-corrected chi connectivity index (χ0v) is 6.17. The number of fused-ring (bicyclic) bond motifs is 1. The SMILES string of the molecule is N.Nc1cccc2[nH]ccc12. The number of hydrogen-bond donors (Lipinski definition) is 3. The van der Waals surface area contributed by atoms with Crippen LogP contribution in [0.15, 0.2) is 30.5 Å². The molecule has 0 atom stereocenters. The van der Waals surface area contributed by atoms with E-state index in [1.165, 1.54) is 0 Å². The Balaban J connectivity index is 0.000000605. The summed E-state index contributed by atoms with van der Waals surface area (Å²) in [5.74, 6) is 0. The van der Waals surface area contributed by atoms with Gasteiger partial charge in [0.2, 0.25) is 0 Å². The van der Waals surface area contributed by atoms with Crippen LogP contribution in [0.3, 0.4) is 0 Å². The van der Waals surface area contributed by atoms with Crippen LogP contribution in [0.2, 0.25) is 0 Å². The number of aromatic amines is 1. The molecule has 2 rings (SSSR count). The van der Waals surface area contributed by atoms with Gasteiger partial charge in [0.05, 0.1) is 0 Å². The molecule has 1 aromatic heterocycles. The van der Waals surface area contributed by atoms with Crippen molar-refractivity contribution in [3.63, 3.8) is 0 Å². The number of benzene rings is 1. The normalized spacial score (nSPS) is 9.45. The molecular weight excluding hydrogens is 138 g/mol. The van der Waals surface area contributed by atoms with Crippen LogP contribution in [0.25, 0.3) is 10.9 Å². The van der Waals surface area contributed by atoms with Gasteiger partial charge in [-0.1, -0.05) is 6.07 Å². The predicted octanol–water partition coefficient (Wildman–Crippen LogP) is 1.91. The number of nitrogen functional groups attached to an aromatic ring is 1. The first-order valence-electron chi connectivity index (χ1n) is 3.19. The first-order valence-corrected chi connectivity index (χ1v) is 3.19. The lowest BCUT2D eigenvalue weighted by Gasteiger charge is -1.92. The van der Waals surface area contributed by atoms with Crippen LogP contribution in [-0.2, 0) is 0 Å². The van der Waals surface area contributed by atoms with E-state index in [4.69, 9.17) is 5.73 Å². The molecule has 11 heavy (non-hydrogen) atoms. The second-order valence-electron chi connectivity index (χ2n) is 2.29. The average molecular weight is 149 g/mol. The minimum atomic E-state index is 0. The molecule has 0 saturated heterocycles. The summed E-state index contributed by atoms with van der Waals surface area (Å²) in [4.78, 5) is 3.08. The van der Waals surface area contributed by atoms with E-state index in [-0.39, 0.29) is 6.15 Å². The van der Waals surface area contributed by atoms with Gasteiger partial charge >= 0.3 is 0 Å². The molecule has 0 aliphatic rings. The molecule has 6 N–H and O–H groups in total. The van der Waals surface area contributed by atoms with Crippen LogP contribution in [0.1, 0.15) is 0 Å². The Morgan fingerprint density at radius 3 is 2.73 bits per heavy atom. The van der Waals surface area contributed by atoms with Crippen molar-refractivity contribution in [1.82, 2.24) is 11.1 Å². The fourth-order valence-electron chi connectivity index (χ4n) is 1.11. The predicted molar refractivity (Wildman–Crippen MR) is 47.7 cm³/mol. The highest BCUT2D eigenvalue weighted by atomic mass is 14.7. The van der Waals surface area contributed by atoms with Crippen molar-refractivity contribution >= 4 is 16.6 Å². The maximum Gasteiger partial charge on any atom is 0.0474 e. The van der Waals surface area contributed by atoms with Gasteiger partial charge in [-0.05, 0) is 18.2 Å². The van der Waals surface area contributed by atoms with E-state index in [1.54, 1.807) is 0 Å². The van der Waals surface area contributed by atoms with Crippen molar-refractivity contribution in [3.05, 3.63) is 30.5 Å². The van der Waals surface area contributed by atoms with Gasteiger partial charge in [0, 0.05) is 22.8 Å². The molecule has 0 aliphatic carbocycles. The number of hydrogen-bond acceptors (Lipinski definition) is 2. The minimum absolute atomic E-state index is 0. The van der Waals surface area contributed by atoms with E-state index < -0.39 is 0 Å². The van der Waals surface area contributed by atoms with Crippen molar-refractivity contribution in [1.29, 1.82) is 0 Å². The Morgan fingerprint density at radius 1 is 1.18 bits per heavy atom. The monoisotopic (exact) mass is 149 g/mol. The third-order valence-electron chi connectivity index (χ3n) is 1.63. The van der Waals surface area contributed by atoms with Gasteiger partial charge in [-0.2, -0.15) is 0 Å². The molecule has 0 radical (unpaired) electrons. The largest absolute Gasteiger partial charge is 0.398 e. The molecule has 0 bridgehead atoms. The minimum Gasteiger partial charge on any atom is -0.398 e. The Labute approximate surface area is 64.8 Å². The molecule has 0 spiro atoms. The molecule has 1 heterocycles. The number of nitrogens with one attached hydrogen (secondary N) is 1. The lowest BCUT2D eigenvalue weighted by Crippen LogP contribution is -1.82. The lowest BCUT2D eigenvalue weighted by atomic mass is 10.2. The first-order chi connectivity index (χ1) is 4.88. The van der Waals surface area contributed by atoms with Crippen LogP contribution >= 0.6 is 0 Å². The van der Waals surface area contributed by atoms with Gasteiger partial charge in [-0.3, -0.25) is 0 Å². The Hall–Kier alpha value is -1.48. The second-order valence-corrected chi connectivity index (χ2v) is 2.29. The van der Waals surface area contributed by atoms with E-state index in [9.17, 15) is 0 Å². The van der Waals surface area contributed by atoms with Crippen LogP contribution in [0.4, 0.5) is 5.69 Å². The molecule has 58 valence electrons. The summed E-state index contributed by atoms with van der Waals surface area (Å²) in [7, 11) is 0. The second kappa shape index (κ2) is 2.64. The summed E-state index contributed by atoms with van der Waals surface area (Å²) in [6, 6.07) is 7.82. The standard InChI is InChI=1S/C8H8N2.H3N/c9-7-2-1-3-8-6(7)4-5-10-8;/h1-5,10H,9H2;1H3. The van der Waals surface area contributed by atoms with Crippen LogP contribution in [-0.4, -0.2) is 4.98 Å². The number of anilines is 1. The molecular formula is C8H11N3. The molecule has 0 fully saturated rings. The Morgan fingerprint density at radius 2 is 2.00 bits per heavy atom. The van der Waals surface area contributed by atoms with Crippen molar-refractivity contribution < 1.29 is 0 Å². The van der Waals surface area contributed by atoms with Gasteiger partial charge in [-0.15, -0.1) is 0 Å². The fourth-order valence-corrected chi connectivity index (χ4v) is 1.11. The molecule has 0 amide bonds.